The Balaban J connectivity index is 1.57. The van der Waals surface area contributed by atoms with E-state index in [0.29, 0.717) is 25.9 Å². The maximum Gasteiger partial charge on any atom is 0.416 e. The van der Waals surface area contributed by atoms with Crippen molar-refractivity contribution in [1.82, 2.24) is 14.9 Å². The highest BCUT2D eigenvalue weighted by molar-refractivity contribution is 5.92. The normalized spacial score (nSPS) is 15.9. The molecule has 1 aliphatic rings. The summed E-state index contributed by atoms with van der Waals surface area (Å²) in [4.78, 5) is 21.8. The van der Waals surface area contributed by atoms with Gasteiger partial charge in [0.25, 0.3) is 5.91 Å². The second-order valence-electron chi connectivity index (χ2n) is 5.73. The van der Waals surface area contributed by atoms with Gasteiger partial charge in [-0.1, -0.05) is 6.07 Å². The molecule has 25 heavy (non-hydrogen) atoms. The van der Waals surface area contributed by atoms with Crippen LogP contribution in [-0.4, -0.2) is 40.0 Å². The lowest BCUT2D eigenvalue weighted by molar-refractivity contribution is -0.137. The number of amides is 1. The third kappa shape index (κ3) is 4.26. The fraction of sp³-hybridized carbons (Fsp3) is 0.353. The number of hydrogen-bond donors (Lipinski definition) is 0. The van der Waals surface area contributed by atoms with Crippen LogP contribution in [0.15, 0.2) is 42.9 Å². The van der Waals surface area contributed by atoms with Gasteiger partial charge in [-0.3, -0.25) is 9.78 Å². The zero-order chi connectivity index (χ0) is 17.9. The summed E-state index contributed by atoms with van der Waals surface area (Å²) in [7, 11) is 0. The summed E-state index contributed by atoms with van der Waals surface area (Å²) in [6, 6.07) is 4.84. The molecule has 3 rings (SSSR count). The molecule has 8 heteroatoms. The van der Waals surface area contributed by atoms with Crippen LogP contribution >= 0.6 is 0 Å². The number of piperidine rings is 1. The predicted molar refractivity (Wildman–Crippen MR) is 83.0 cm³/mol. The Kier molecular flexibility index (Phi) is 4.87. The Bertz CT molecular complexity index is 729. The first-order valence-electron chi connectivity index (χ1n) is 7.83. The van der Waals surface area contributed by atoms with Crippen LogP contribution in [0.1, 0.15) is 28.9 Å². The van der Waals surface area contributed by atoms with Crippen molar-refractivity contribution in [2.75, 3.05) is 13.1 Å². The average molecular weight is 351 g/mol. The molecule has 0 aliphatic carbocycles. The van der Waals surface area contributed by atoms with Crippen LogP contribution in [0, 0.1) is 0 Å². The molecule has 0 unspecified atom stereocenters. The van der Waals surface area contributed by atoms with Crippen molar-refractivity contribution in [2.45, 2.75) is 25.1 Å². The van der Waals surface area contributed by atoms with Gasteiger partial charge >= 0.3 is 6.18 Å². The molecule has 0 N–H and O–H groups in total. The van der Waals surface area contributed by atoms with E-state index in [9.17, 15) is 18.0 Å². The first-order valence-corrected chi connectivity index (χ1v) is 7.83. The van der Waals surface area contributed by atoms with Gasteiger partial charge in [0, 0.05) is 38.3 Å². The number of ether oxygens (including phenoxy) is 1. The van der Waals surface area contributed by atoms with Gasteiger partial charge in [0.1, 0.15) is 17.5 Å². The van der Waals surface area contributed by atoms with Crippen LogP contribution in [0.5, 0.6) is 5.75 Å². The molecular weight excluding hydrogens is 335 g/mol. The maximum atomic E-state index is 12.7. The Labute approximate surface area is 142 Å². The molecule has 0 spiro atoms. The number of hydrogen-bond acceptors (Lipinski definition) is 4. The highest BCUT2D eigenvalue weighted by Gasteiger charge is 2.31. The summed E-state index contributed by atoms with van der Waals surface area (Å²) in [5, 5.41) is 0. The lowest BCUT2D eigenvalue weighted by atomic mass is 10.1. The van der Waals surface area contributed by atoms with Crippen LogP contribution in [0.2, 0.25) is 0 Å². The standard InChI is InChI=1S/C17H16F3N3O2/c18-17(19,20)12-2-1-3-14(10-12)25-13-4-8-23(9-5-13)16(24)15-11-21-6-7-22-15/h1-3,6-7,10-11,13H,4-5,8-9H2. The van der Waals surface area contributed by atoms with Gasteiger partial charge in [0.05, 0.1) is 11.8 Å². The second-order valence-corrected chi connectivity index (χ2v) is 5.73. The van der Waals surface area contributed by atoms with Crippen molar-refractivity contribution >= 4 is 5.91 Å². The molecule has 2 aromatic rings. The van der Waals surface area contributed by atoms with E-state index in [1.165, 1.54) is 30.7 Å². The molecule has 1 aromatic heterocycles. The Morgan fingerprint density at radius 2 is 1.96 bits per heavy atom. The van der Waals surface area contributed by atoms with Crippen molar-refractivity contribution in [2.24, 2.45) is 0 Å². The SMILES string of the molecule is O=C(c1cnccn1)N1CCC(Oc2cccc(C(F)(F)F)c2)CC1. The van der Waals surface area contributed by atoms with Crippen molar-refractivity contribution in [3.05, 3.63) is 54.1 Å². The van der Waals surface area contributed by atoms with Crippen LogP contribution in [-0.2, 0) is 6.18 Å². The summed E-state index contributed by atoms with van der Waals surface area (Å²) >= 11 is 0. The number of nitrogens with zero attached hydrogens (tertiary/aromatic N) is 3. The second kappa shape index (κ2) is 7.08. The maximum absolute atomic E-state index is 12.7. The summed E-state index contributed by atoms with van der Waals surface area (Å²) in [6.45, 7) is 0.915. The summed E-state index contributed by atoms with van der Waals surface area (Å²) in [5.41, 5.74) is -0.458. The van der Waals surface area contributed by atoms with Gasteiger partial charge in [-0.25, -0.2) is 4.98 Å². The van der Waals surface area contributed by atoms with Crippen LogP contribution in [0.4, 0.5) is 13.2 Å². The minimum Gasteiger partial charge on any atom is -0.490 e. The number of likely N-dealkylation sites (tertiary alicyclic amines) is 1. The van der Waals surface area contributed by atoms with Gasteiger partial charge in [0.15, 0.2) is 0 Å². The number of carbonyl (C=O) groups is 1. The van der Waals surface area contributed by atoms with Gasteiger partial charge in [-0.2, -0.15) is 13.2 Å². The van der Waals surface area contributed by atoms with Gasteiger partial charge in [0.2, 0.25) is 0 Å². The predicted octanol–water partition coefficient (Wildman–Crippen LogP) is 3.18. The zero-order valence-electron chi connectivity index (χ0n) is 13.2. The molecule has 0 bridgehead atoms. The average Bonchev–Trinajstić information content (AvgIpc) is 2.62. The molecule has 2 heterocycles. The lowest BCUT2D eigenvalue weighted by Crippen LogP contribution is -2.42. The minimum atomic E-state index is -4.40. The third-order valence-corrected chi connectivity index (χ3v) is 3.98. The largest absolute Gasteiger partial charge is 0.490 e. The van der Waals surface area contributed by atoms with Gasteiger partial charge in [-0.05, 0) is 18.2 Å². The van der Waals surface area contributed by atoms with E-state index in [1.807, 2.05) is 0 Å². The fourth-order valence-electron chi connectivity index (χ4n) is 2.69. The number of benzene rings is 1. The molecule has 1 fully saturated rings. The van der Waals surface area contributed by atoms with E-state index < -0.39 is 11.7 Å². The first-order chi connectivity index (χ1) is 11.9. The summed E-state index contributed by atoms with van der Waals surface area (Å²) in [5.74, 6) is -0.0147. The molecule has 1 amide bonds. The van der Waals surface area contributed by atoms with E-state index in [1.54, 1.807) is 4.90 Å². The molecular formula is C17H16F3N3O2. The molecule has 0 radical (unpaired) electrons. The zero-order valence-corrected chi connectivity index (χ0v) is 13.2. The van der Waals surface area contributed by atoms with Gasteiger partial charge in [-0.15, -0.1) is 0 Å². The van der Waals surface area contributed by atoms with E-state index in [4.69, 9.17) is 4.74 Å². The van der Waals surface area contributed by atoms with E-state index >= 15 is 0 Å². The smallest absolute Gasteiger partial charge is 0.416 e. The summed E-state index contributed by atoms with van der Waals surface area (Å²) in [6.07, 6.45) is 0.821. The monoisotopic (exact) mass is 351 g/mol. The van der Waals surface area contributed by atoms with Crippen LogP contribution < -0.4 is 4.74 Å². The van der Waals surface area contributed by atoms with Crippen LogP contribution in [0.3, 0.4) is 0 Å². The van der Waals surface area contributed by atoms with Crippen molar-refractivity contribution in [3.8, 4) is 5.75 Å². The van der Waals surface area contributed by atoms with Crippen molar-refractivity contribution < 1.29 is 22.7 Å². The fourth-order valence-corrected chi connectivity index (χ4v) is 2.69. The topological polar surface area (TPSA) is 55.3 Å². The highest BCUT2D eigenvalue weighted by atomic mass is 19.4. The molecule has 5 nitrogen and oxygen atoms in total. The summed E-state index contributed by atoms with van der Waals surface area (Å²) < 4.78 is 43.9. The van der Waals surface area contributed by atoms with E-state index in [-0.39, 0.29) is 23.5 Å². The quantitative estimate of drug-likeness (QED) is 0.852. The Morgan fingerprint density at radius 1 is 1.20 bits per heavy atom. The molecule has 132 valence electrons. The first kappa shape index (κ1) is 17.2. The minimum absolute atomic E-state index is 0.188. The molecule has 1 aromatic carbocycles. The number of alkyl halides is 3. The van der Waals surface area contributed by atoms with E-state index in [2.05, 4.69) is 9.97 Å². The molecule has 1 saturated heterocycles. The third-order valence-electron chi connectivity index (χ3n) is 3.98. The molecule has 1 aliphatic heterocycles. The van der Waals surface area contributed by atoms with Crippen molar-refractivity contribution in [3.63, 3.8) is 0 Å². The van der Waals surface area contributed by atoms with Crippen LogP contribution in [0.25, 0.3) is 0 Å². The lowest BCUT2D eigenvalue weighted by Gasteiger charge is -2.32. The number of halogens is 3. The molecule has 0 atom stereocenters. The Hall–Kier alpha value is -2.64. The highest BCUT2D eigenvalue weighted by Crippen LogP contribution is 2.32. The van der Waals surface area contributed by atoms with Gasteiger partial charge < -0.3 is 9.64 Å². The van der Waals surface area contributed by atoms with Crippen molar-refractivity contribution in [1.29, 1.82) is 0 Å². The number of aromatic nitrogens is 2. The molecule has 0 saturated carbocycles. The Morgan fingerprint density at radius 3 is 2.60 bits per heavy atom. The number of carbonyl (C=O) groups excluding carboxylic acids is 1. The van der Waals surface area contributed by atoms with E-state index in [0.717, 1.165) is 12.1 Å². The number of rotatable bonds is 3.